The summed E-state index contributed by atoms with van der Waals surface area (Å²) in [4.78, 5) is 0. The van der Waals surface area contributed by atoms with Crippen LogP contribution in [0.15, 0.2) is 0 Å². The molecule has 2 aliphatic heterocycles. The minimum absolute atomic E-state index is 1.28. The molecule has 2 rings (SSSR count). The molecule has 0 spiro atoms. The van der Waals surface area contributed by atoms with E-state index in [-0.39, 0.29) is 0 Å². The molecule has 0 N–H and O–H groups in total. The molecule has 0 aromatic carbocycles. The van der Waals surface area contributed by atoms with E-state index in [2.05, 4.69) is 14.2 Å². The second-order valence-electron chi connectivity index (χ2n) is 12.3. The first-order chi connectivity index (χ1) is 25.5. The van der Waals surface area contributed by atoms with Crippen molar-refractivity contribution in [3.8, 4) is 0 Å². The molecule has 2 saturated heterocycles. The summed E-state index contributed by atoms with van der Waals surface area (Å²) in [5, 5.41) is 0. The normalized spacial score (nSPS) is 21.7. The standard InChI is InChI=1S/C24H14F32O3/c25-9(26)13(33,34)17(41,42)21(49,50)23(53,54)19(45,46)15(37,38)11(29,30)7(1-5-3-57-5)59-8(2-6-4-58-6)12(31,32)16(39,40)20(47,48)24(55,56)22(51,52)18(43,44)14(35,36)10(27)28/h5-10H,1-4H2. The highest BCUT2D eigenvalue weighted by Crippen LogP contribution is 2.66. The molecule has 0 bridgehead atoms. The van der Waals surface area contributed by atoms with E-state index in [4.69, 9.17) is 0 Å². The zero-order chi connectivity index (χ0) is 47.4. The number of epoxide rings is 2. The largest absolute Gasteiger partial charge is 0.385 e. The minimum atomic E-state index is -9.18. The molecule has 4 atom stereocenters. The molecule has 0 saturated carbocycles. The van der Waals surface area contributed by atoms with Crippen LogP contribution in [0.4, 0.5) is 140 Å². The Labute approximate surface area is 302 Å². The van der Waals surface area contributed by atoms with Gasteiger partial charge in [0.1, 0.15) is 12.2 Å². The van der Waals surface area contributed by atoms with Crippen molar-refractivity contribution in [2.24, 2.45) is 0 Å². The molecule has 0 aromatic rings. The maximum Gasteiger partial charge on any atom is 0.385 e. The van der Waals surface area contributed by atoms with Crippen molar-refractivity contribution >= 4 is 0 Å². The third-order valence-electron chi connectivity index (χ3n) is 8.27. The van der Waals surface area contributed by atoms with Gasteiger partial charge in [-0.25, -0.2) is 17.6 Å². The molecule has 3 nitrogen and oxygen atoms in total. The van der Waals surface area contributed by atoms with E-state index < -0.39 is 146 Å². The van der Waals surface area contributed by atoms with E-state index in [1.165, 1.54) is 0 Å². The summed E-state index contributed by atoms with van der Waals surface area (Å²) in [6.07, 6.45) is -33.5. The van der Waals surface area contributed by atoms with Crippen molar-refractivity contribution in [3.05, 3.63) is 0 Å². The molecule has 2 heterocycles. The molecule has 2 fully saturated rings. The van der Waals surface area contributed by atoms with Gasteiger partial charge in [-0.1, -0.05) is 0 Å². The monoisotopic (exact) mass is 958 g/mol. The van der Waals surface area contributed by atoms with Gasteiger partial charge in [0.25, 0.3) is 0 Å². The fourth-order valence-electron chi connectivity index (χ4n) is 4.36. The summed E-state index contributed by atoms with van der Waals surface area (Å²) in [6, 6.07) is 0. The smallest absolute Gasteiger partial charge is 0.373 e. The molecule has 4 unspecified atom stereocenters. The van der Waals surface area contributed by atoms with Gasteiger partial charge in [-0.05, 0) is 0 Å². The maximum atomic E-state index is 15.1. The molecule has 35 heteroatoms. The predicted molar refractivity (Wildman–Crippen MR) is 119 cm³/mol. The van der Waals surface area contributed by atoms with Gasteiger partial charge in [0.15, 0.2) is 0 Å². The molecule has 0 aliphatic carbocycles. The Kier molecular flexibility index (Phi) is 13.1. The number of rotatable bonds is 22. The number of hydrogen-bond acceptors (Lipinski definition) is 3. The zero-order valence-electron chi connectivity index (χ0n) is 26.6. The van der Waals surface area contributed by atoms with Crippen LogP contribution in [0, 0.1) is 0 Å². The van der Waals surface area contributed by atoms with Crippen LogP contribution in [0.2, 0.25) is 0 Å². The van der Waals surface area contributed by atoms with Gasteiger partial charge in [0.2, 0.25) is 0 Å². The topological polar surface area (TPSA) is 34.3 Å². The number of ether oxygens (including phenoxy) is 3. The van der Waals surface area contributed by atoms with Crippen LogP contribution in [0.25, 0.3) is 0 Å². The lowest BCUT2D eigenvalue weighted by atomic mass is 9.86. The van der Waals surface area contributed by atoms with Gasteiger partial charge in [-0.3, -0.25) is 0 Å². The third kappa shape index (κ3) is 7.34. The summed E-state index contributed by atoms with van der Waals surface area (Å²) in [6.45, 7) is -2.55. The molecule has 352 valence electrons. The van der Waals surface area contributed by atoms with Gasteiger partial charge >= 0.3 is 95.8 Å². The summed E-state index contributed by atoms with van der Waals surface area (Å²) in [5.41, 5.74) is 0. The van der Waals surface area contributed by atoms with E-state index in [0.29, 0.717) is 0 Å². The Hall–Kier alpha value is -2.36. The quantitative estimate of drug-likeness (QED) is 0.0801. The minimum Gasteiger partial charge on any atom is -0.373 e. The Morgan fingerprint density at radius 2 is 0.492 bits per heavy atom. The predicted octanol–water partition coefficient (Wildman–Crippen LogP) is 10.7. The van der Waals surface area contributed by atoms with E-state index in [9.17, 15) is 123 Å². The first kappa shape index (κ1) is 52.8. The fourth-order valence-corrected chi connectivity index (χ4v) is 4.36. The molecule has 59 heavy (non-hydrogen) atoms. The lowest BCUT2D eigenvalue weighted by Crippen LogP contribution is -2.75. The summed E-state index contributed by atoms with van der Waals surface area (Å²) < 4.78 is 456. The van der Waals surface area contributed by atoms with Crippen LogP contribution in [0.5, 0.6) is 0 Å². The first-order valence-electron chi connectivity index (χ1n) is 14.3. The van der Waals surface area contributed by atoms with Crippen molar-refractivity contribution in [2.45, 2.75) is 133 Å². The Morgan fingerprint density at radius 3 is 0.661 bits per heavy atom. The highest BCUT2D eigenvalue weighted by atomic mass is 19.4. The van der Waals surface area contributed by atoms with E-state index in [1.54, 1.807) is 0 Å². The second kappa shape index (κ2) is 14.6. The third-order valence-corrected chi connectivity index (χ3v) is 8.27. The lowest BCUT2D eigenvalue weighted by molar-refractivity contribution is -0.458. The van der Waals surface area contributed by atoms with Gasteiger partial charge in [-0.15, -0.1) is 0 Å². The summed E-state index contributed by atoms with van der Waals surface area (Å²) in [7, 11) is 0. The lowest BCUT2D eigenvalue weighted by Gasteiger charge is -2.45. The molecular weight excluding hydrogens is 944 g/mol. The van der Waals surface area contributed by atoms with Crippen LogP contribution in [-0.4, -0.2) is 133 Å². The second-order valence-corrected chi connectivity index (χ2v) is 12.3. The van der Waals surface area contributed by atoms with Crippen molar-refractivity contribution in [2.75, 3.05) is 13.2 Å². The van der Waals surface area contributed by atoms with Gasteiger partial charge in [0, 0.05) is 12.8 Å². The molecular formula is C24H14F32O3. The Balaban J connectivity index is 2.80. The number of halogens is 32. The van der Waals surface area contributed by atoms with Crippen LogP contribution in [-0.2, 0) is 14.2 Å². The molecule has 0 radical (unpaired) electrons. The number of hydrogen-bond donors (Lipinski definition) is 0. The average molecular weight is 958 g/mol. The Morgan fingerprint density at radius 1 is 0.322 bits per heavy atom. The van der Waals surface area contributed by atoms with Crippen LogP contribution in [0.3, 0.4) is 0 Å². The van der Waals surface area contributed by atoms with E-state index in [0.717, 1.165) is 0 Å². The van der Waals surface area contributed by atoms with Crippen molar-refractivity contribution < 1.29 is 155 Å². The zero-order valence-corrected chi connectivity index (χ0v) is 26.6. The van der Waals surface area contributed by atoms with Crippen molar-refractivity contribution in [3.63, 3.8) is 0 Å². The van der Waals surface area contributed by atoms with Crippen LogP contribution >= 0.6 is 0 Å². The SMILES string of the molecule is FC(F)C(F)(F)C(F)(F)C(F)(F)C(F)(F)C(F)(F)C(F)(F)C(F)(F)C(CC1CO1)OC(CC1CO1)C(F)(F)C(F)(F)C(F)(F)C(F)(F)C(F)(F)C(F)(F)C(F)(F)C(F)F. The summed E-state index contributed by atoms with van der Waals surface area (Å²) in [5.74, 6) is -121. The molecule has 0 aromatic heterocycles. The highest BCUT2D eigenvalue weighted by molar-refractivity contribution is 5.18. The number of alkyl halides is 32. The van der Waals surface area contributed by atoms with Gasteiger partial charge in [0.05, 0.1) is 25.4 Å². The average Bonchev–Trinajstić information content (AvgIpc) is 3.99. The highest BCUT2D eigenvalue weighted by Gasteiger charge is 2.96. The van der Waals surface area contributed by atoms with E-state index >= 15 is 17.6 Å². The first-order valence-corrected chi connectivity index (χ1v) is 14.3. The van der Waals surface area contributed by atoms with Crippen molar-refractivity contribution in [1.82, 2.24) is 0 Å². The van der Waals surface area contributed by atoms with Crippen molar-refractivity contribution in [1.29, 1.82) is 0 Å². The maximum absolute atomic E-state index is 15.1. The Bertz CT molecular complexity index is 1370. The fraction of sp³-hybridized carbons (Fsp3) is 1.00. The summed E-state index contributed by atoms with van der Waals surface area (Å²) >= 11 is 0. The van der Waals surface area contributed by atoms with E-state index in [1.807, 2.05) is 0 Å². The van der Waals surface area contributed by atoms with Crippen LogP contribution < -0.4 is 0 Å². The molecule has 2 aliphatic rings. The van der Waals surface area contributed by atoms with Crippen LogP contribution in [0.1, 0.15) is 12.8 Å². The van der Waals surface area contributed by atoms with Gasteiger partial charge < -0.3 is 14.2 Å². The molecule has 0 amide bonds. The van der Waals surface area contributed by atoms with Gasteiger partial charge in [-0.2, -0.15) is 123 Å².